The van der Waals surface area contributed by atoms with Gasteiger partial charge in [-0.05, 0) is 6.92 Å². The lowest BCUT2D eigenvalue weighted by atomic mass is 10.3. The van der Waals surface area contributed by atoms with Crippen LogP contribution < -0.4 is 5.32 Å². The molecule has 78 valence electrons. The van der Waals surface area contributed by atoms with Crippen molar-refractivity contribution < 1.29 is 23.0 Å². The predicted octanol–water partition coefficient (Wildman–Crippen LogP) is 0.375. The molecule has 0 aliphatic rings. The van der Waals surface area contributed by atoms with Crippen molar-refractivity contribution in [3.63, 3.8) is 0 Å². The van der Waals surface area contributed by atoms with Crippen molar-refractivity contribution in [2.45, 2.75) is 25.7 Å². The standard InChI is InChI=1S/C7H13F2NO3/c1-4(7(12-2)13-3)10-6(11)5(8)9/h4-5,7H,1-3H3,(H,10,11). The van der Waals surface area contributed by atoms with Crippen molar-refractivity contribution in [1.29, 1.82) is 0 Å². The monoisotopic (exact) mass is 197 g/mol. The van der Waals surface area contributed by atoms with E-state index < -0.39 is 24.7 Å². The summed E-state index contributed by atoms with van der Waals surface area (Å²) in [6.45, 7) is 1.51. The second kappa shape index (κ2) is 5.82. The van der Waals surface area contributed by atoms with Crippen LogP contribution in [0.25, 0.3) is 0 Å². The minimum atomic E-state index is -3.02. The van der Waals surface area contributed by atoms with Crippen molar-refractivity contribution >= 4 is 5.91 Å². The van der Waals surface area contributed by atoms with Gasteiger partial charge in [-0.2, -0.15) is 8.78 Å². The Kier molecular flexibility index (Phi) is 5.48. The Bertz CT molecular complexity index is 162. The summed E-state index contributed by atoms with van der Waals surface area (Å²) in [5.41, 5.74) is 0. The smallest absolute Gasteiger partial charge is 0.315 e. The van der Waals surface area contributed by atoms with Crippen LogP contribution in [0.5, 0.6) is 0 Å². The molecule has 1 atom stereocenters. The van der Waals surface area contributed by atoms with Gasteiger partial charge < -0.3 is 14.8 Å². The first-order valence-corrected chi connectivity index (χ1v) is 3.67. The SMILES string of the molecule is COC(OC)C(C)NC(=O)C(F)F. The maximum Gasteiger partial charge on any atom is 0.315 e. The van der Waals surface area contributed by atoms with Crippen LogP contribution in [-0.4, -0.2) is 38.9 Å². The van der Waals surface area contributed by atoms with Gasteiger partial charge in [0, 0.05) is 14.2 Å². The van der Waals surface area contributed by atoms with Crippen LogP contribution in [-0.2, 0) is 14.3 Å². The third kappa shape index (κ3) is 4.14. The Labute approximate surface area is 75.2 Å². The van der Waals surface area contributed by atoms with Crippen LogP contribution in [0.1, 0.15) is 6.92 Å². The van der Waals surface area contributed by atoms with Crippen LogP contribution in [0.3, 0.4) is 0 Å². The maximum atomic E-state index is 11.8. The Morgan fingerprint density at radius 1 is 1.31 bits per heavy atom. The van der Waals surface area contributed by atoms with Crippen molar-refractivity contribution in [2.75, 3.05) is 14.2 Å². The number of hydrogen-bond acceptors (Lipinski definition) is 3. The molecule has 0 saturated heterocycles. The van der Waals surface area contributed by atoms with Gasteiger partial charge in [0.2, 0.25) is 0 Å². The molecule has 6 heteroatoms. The normalized spacial score (nSPS) is 13.5. The zero-order chi connectivity index (χ0) is 10.4. The van der Waals surface area contributed by atoms with E-state index in [1.54, 1.807) is 0 Å². The largest absolute Gasteiger partial charge is 0.354 e. The van der Waals surface area contributed by atoms with E-state index in [2.05, 4.69) is 0 Å². The quantitative estimate of drug-likeness (QED) is 0.648. The molecule has 1 N–H and O–H groups in total. The molecule has 0 aliphatic carbocycles. The molecular weight excluding hydrogens is 184 g/mol. The summed E-state index contributed by atoms with van der Waals surface area (Å²) in [6.07, 6.45) is -3.74. The summed E-state index contributed by atoms with van der Waals surface area (Å²) in [7, 11) is 2.72. The van der Waals surface area contributed by atoms with Crippen LogP contribution in [0.4, 0.5) is 8.78 Å². The van der Waals surface area contributed by atoms with E-state index >= 15 is 0 Å². The second-order valence-corrected chi connectivity index (χ2v) is 2.44. The number of hydrogen-bond donors (Lipinski definition) is 1. The Hall–Kier alpha value is -0.750. The first-order valence-electron chi connectivity index (χ1n) is 3.67. The van der Waals surface area contributed by atoms with Crippen molar-refractivity contribution in [1.82, 2.24) is 5.32 Å². The Morgan fingerprint density at radius 2 is 1.77 bits per heavy atom. The highest BCUT2D eigenvalue weighted by atomic mass is 19.3. The minimum absolute atomic E-state index is 0.614. The molecule has 13 heavy (non-hydrogen) atoms. The number of alkyl halides is 2. The van der Waals surface area contributed by atoms with E-state index in [9.17, 15) is 13.6 Å². The number of halogens is 2. The zero-order valence-corrected chi connectivity index (χ0v) is 7.71. The molecule has 0 aliphatic heterocycles. The van der Waals surface area contributed by atoms with Gasteiger partial charge >= 0.3 is 6.43 Å². The summed E-state index contributed by atoms with van der Waals surface area (Å²) in [4.78, 5) is 10.5. The molecular formula is C7H13F2NO3. The van der Waals surface area contributed by atoms with Gasteiger partial charge in [0.05, 0.1) is 6.04 Å². The van der Waals surface area contributed by atoms with Crippen LogP contribution >= 0.6 is 0 Å². The van der Waals surface area contributed by atoms with Crippen molar-refractivity contribution in [2.24, 2.45) is 0 Å². The lowest BCUT2D eigenvalue weighted by Crippen LogP contribution is -2.45. The van der Waals surface area contributed by atoms with Gasteiger partial charge in [-0.1, -0.05) is 0 Å². The van der Waals surface area contributed by atoms with Gasteiger partial charge in [0.1, 0.15) is 0 Å². The van der Waals surface area contributed by atoms with Crippen LogP contribution in [0.2, 0.25) is 0 Å². The maximum absolute atomic E-state index is 11.8. The molecule has 1 unspecified atom stereocenters. The average Bonchev–Trinajstić information content (AvgIpc) is 2.06. The zero-order valence-electron chi connectivity index (χ0n) is 7.71. The van der Waals surface area contributed by atoms with Gasteiger partial charge in [0.25, 0.3) is 5.91 Å². The number of ether oxygens (including phenoxy) is 2. The first kappa shape index (κ1) is 12.2. The number of nitrogens with one attached hydrogen (secondary N) is 1. The van der Waals surface area contributed by atoms with E-state index in [-0.39, 0.29) is 0 Å². The highest BCUT2D eigenvalue weighted by Crippen LogP contribution is 2.00. The number of methoxy groups -OCH3 is 2. The molecule has 0 rings (SSSR count). The highest BCUT2D eigenvalue weighted by Gasteiger charge is 2.22. The Balaban J connectivity index is 3.97. The summed E-state index contributed by atoms with van der Waals surface area (Å²) in [5.74, 6) is -1.33. The summed E-state index contributed by atoms with van der Waals surface area (Å²) >= 11 is 0. The van der Waals surface area contributed by atoms with Gasteiger partial charge in [-0.25, -0.2) is 0 Å². The van der Waals surface area contributed by atoms with E-state index in [1.165, 1.54) is 21.1 Å². The average molecular weight is 197 g/mol. The fourth-order valence-corrected chi connectivity index (χ4v) is 0.860. The van der Waals surface area contributed by atoms with Gasteiger partial charge in [-0.15, -0.1) is 0 Å². The van der Waals surface area contributed by atoms with Crippen molar-refractivity contribution in [3.05, 3.63) is 0 Å². The molecule has 0 saturated carbocycles. The molecule has 0 aromatic heterocycles. The van der Waals surface area contributed by atoms with E-state index in [4.69, 9.17) is 9.47 Å². The van der Waals surface area contributed by atoms with E-state index in [0.29, 0.717) is 0 Å². The van der Waals surface area contributed by atoms with Crippen LogP contribution in [0.15, 0.2) is 0 Å². The van der Waals surface area contributed by atoms with E-state index in [1.807, 2.05) is 5.32 Å². The molecule has 0 fully saturated rings. The predicted molar refractivity (Wildman–Crippen MR) is 41.4 cm³/mol. The number of rotatable bonds is 5. The molecule has 0 aromatic carbocycles. The number of amides is 1. The Morgan fingerprint density at radius 3 is 2.08 bits per heavy atom. The molecule has 1 amide bonds. The van der Waals surface area contributed by atoms with Crippen molar-refractivity contribution in [3.8, 4) is 0 Å². The molecule has 0 aromatic rings. The second-order valence-electron chi connectivity index (χ2n) is 2.44. The third-order valence-corrected chi connectivity index (χ3v) is 1.44. The fourth-order valence-electron chi connectivity index (χ4n) is 0.860. The third-order valence-electron chi connectivity index (χ3n) is 1.44. The van der Waals surface area contributed by atoms with E-state index in [0.717, 1.165) is 0 Å². The molecule has 0 spiro atoms. The first-order chi connectivity index (χ1) is 6.02. The van der Waals surface area contributed by atoms with Gasteiger partial charge in [0.15, 0.2) is 6.29 Å². The lowest BCUT2D eigenvalue weighted by Gasteiger charge is -2.21. The fraction of sp³-hybridized carbons (Fsp3) is 0.857. The topological polar surface area (TPSA) is 47.6 Å². The highest BCUT2D eigenvalue weighted by molar-refractivity contribution is 5.79. The van der Waals surface area contributed by atoms with Crippen LogP contribution in [0, 0.1) is 0 Å². The molecule has 0 bridgehead atoms. The van der Waals surface area contributed by atoms with Gasteiger partial charge in [-0.3, -0.25) is 4.79 Å². The minimum Gasteiger partial charge on any atom is -0.354 e. The summed E-state index contributed by atoms with van der Waals surface area (Å²) in [5, 5.41) is 2.04. The lowest BCUT2D eigenvalue weighted by molar-refractivity contribution is -0.143. The summed E-state index contributed by atoms with van der Waals surface area (Å²) < 4.78 is 33.1. The number of carbonyl (C=O) groups excluding carboxylic acids is 1. The molecule has 0 radical (unpaired) electrons. The summed E-state index contributed by atoms with van der Waals surface area (Å²) in [6, 6.07) is -0.614. The molecule has 0 heterocycles. The number of carbonyl (C=O) groups is 1. The molecule has 4 nitrogen and oxygen atoms in total.